The van der Waals surface area contributed by atoms with Crippen molar-refractivity contribution < 1.29 is 14.7 Å². The highest BCUT2D eigenvalue weighted by Gasteiger charge is 2.27. The second-order valence-electron chi connectivity index (χ2n) is 4.76. The number of likely N-dealkylation sites (tertiary alicyclic amines) is 1. The summed E-state index contributed by atoms with van der Waals surface area (Å²) in [7, 11) is 0. The lowest BCUT2D eigenvalue weighted by Gasteiger charge is -2.23. The highest BCUT2D eigenvalue weighted by atomic mass is 35.5. The van der Waals surface area contributed by atoms with Crippen LogP contribution in [-0.2, 0) is 4.79 Å². The molecule has 0 aliphatic carbocycles. The van der Waals surface area contributed by atoms with Crippen LogP contribution in [0.1, 0.15) is 23.2 Å². The van der Waals surface area contributed by atoms with Crippen molar-refractivity contribution >= 4 is 23.4 Å². The van der Waals surface area contributed by atoms with E-state index in [0.717, 1.165) is 12.8 Å². The monoisotopic (exact) mass is 296 g/mol. The Morgan fingerprint density at radius 2 is 2.05 bits per heavy atom. The fourth-order valence-corrected chi connectivity index (χ4v) is 2.44. The number of carbonyl (C=O) groups excluding carboxylic acids is 2. The van der Waals surface area contributed by atoms with Crippen LogP contribution in [0.5, 0.6) is 0 Å². The topological polar surface area (TPSA) is 69.6 Å². The molecule has 0 saturated carbocycles. The molecule has 0 unspecified atom stereocenters. The number of halogens is 1. The quantitative estimate of drug-likeness (QED) is 0.873. The number of amides is 2. The average molecular weight is 297 g/mol. The van der Waals surface area contributed by atoms with Crippen LogP contribution in [0, 0.1) is 0 Å². The molecule has 1 aromatic carbocycles. The molecule has 2 amide bonds. The minimum atomic E-state index is -0.310. The van der Waals surface area contributed by atoms with Crippen molar-refractivity contribution in [1.82, 2.24) is 10.2 Å². The molecule has 20 heavy (non-hydrogen) atoms. The SMILES string of the molecule is O=C(NCC(=O)N1CCC[C@H]1CO)c1ccc(Cl)cc1. The van der Waals surface area contributed by atoms with E-state index in [-0.39, 0.29) is 31.0 Å². The average Bonchev–Trinajstić information content (AvgIpc) is 2.93. The van der Waals surface area contributed by atoms with Crippen LogP contribution in [0.3, 0.4) is 0 Å². The first-order valence-corrected chi connectivity index (χ1v) is 6.93. The van der Waals surface area contributed by atoms with Gasteiger partial charge in [0.1, 0.15) is 0 Å². The highest BCUT2D eigenvalue weighted by molar-refractivity contribution is 6.30. The number of hydrogen-bond donors (Lipinski definition) is 2. The molecule has 108 valence electrons. The van der Waals surface area contributed by atoms with Crippen molar-refractivity contribution in [1.29, 1.82) is 0 Å². The zero-order valence-corrected chi connectivity index (χ0v) is 11.8. The Hall–Kier alpha value is -1.59. The number of nitrogens with zero attached hydrogens (tertiary/aromatic N) is 1. The summed E-state index contributed by atoms with van der Waals surface area (Å²) >= 11 is 5.75. The van der Waals surface area contributed by atoms with Gasteiger partial charge in [-0.15, -0.1) is 0 Å². The van der Waals surface area contributed by atoms with E-state index in [2.05, 4.69) is 5.32 Å². The van der Waals surface area contributed by atoms with Crippen molar-refractivity contribution in [3.8, 4) is 0 Å². The summed E-state index contributed by atoms with van der Waals surface area (Å²) in [6, 6.07) is 6.35. The molecular weight excluding hydrogens is 280 g/mol. The van der Waals surface area contributed by atoms with Crippen LogP contribution in [0.15, 0.2) is 24.3 Å². The van der Waals surface area contributed by atoms with Gasteiger partial charge >= 0.3 is 0 Å². The van der Waals surface area contributed by atoms with E-state index in [9.17, 15) is 14.7 Å². The maximum Gasteiger partial charge on any atom is 0.251 e. The molecule has 0 spiro atoms. The first-order chi connectivity index (χ1) is 9.61. The highest BCUT2D eigenvalue weighted by Crippen LogP contribution is 2.16. The summed E-state index contributed by atoms with van der Waals surface area (Å²) in [6.45, 7) is 0.551. The van der Waals surface area contributed by atoms with E-state index < -0.39 is 0 Å². The molecule has 1 aromatic rings. The largest absolute Gasteiger partial charge is 0.394 e. The summed E-state index contributed by atoms with van der Waals surface area (Å²) in [5.74, 6) is -0.473. The molecule has 1 aliphatic rings. The fourth-order valence-electron chi connectivity index (χ4n) is 2.31. The number of aliphatic hydroxyl groups is 1. The number of hydrogen-bond acceptors (Lipinski definition) is 3. The lowest BCUT2D eigenvalue weighted by Crippen LogP contribution is -2.43. The van der Waals surface area contributed by atoms with Gasteiger partial charge in [0.15, 0.2) is 0 Å². The predicted molar refractivity (Wildman–Crippen MR) is 75.6 cm³/mol. The third-order valence-corrected chi connectivity index (χ3v) is 3.67. The molecule has 6 heteroatoms. The molecule has 0 aromatic heterocycles. The molecule has 0 bridgehead atoms. The fraction of sp³-hybridized carbons (Fsp3) is 0.429. The van der Waals surface area contributed by atoms with E-state index in [1.807, 2.05) is 0 Å². The van der Waals surface area contributed by atoms with Gasteiger partial charge in [-0.3, -0.25) is 9.59 Å². The van der Waals surface area contributed by atoms with Crippen molar-refractivity contribution in [3.63, 3.8) is 0 Å². The summed E-state index contributed by atoms with van der Waals surface area (Å²) in [4.78, 5) is 25.5. The van der Waals surface area contributed by atoms with E-state index in [1.54, 1.807) is 29.2 Å². The second-order valence-corrected chi connectivity index (χ2v) is 5.19. The van der Waals surface area contributed by atoms with Gasteiger partial charge in [-0.1, -0.05) is 11.6 Å². The Balaban J connectivity index is 1.87. The Morgan fingerprint density at radius 1 is 1.35 bits per heavy atom. The molecule has 1 heterocycles. The summed E-state index contributed by atoms with van der Waals surface area (Å²) in [5, 5.41) is 12.3. The first kappa shape index (κ1) is 14.8. The van der Waals surface area contributed by atoms with E-state index >= 15 is 0 Å². The smallest absolute Gasteiger partial charge is 0.251 e. The van der Waals surface area contributed by atoms with Gasteiger partial charge in [0.05, 0.1) is 19.2 Å². The molecule has 1 fully saturated rings. The first-order valence-electron chi connectivity index (χ1n) is 6.56. The van der Waals surface area contributed by atoms with Crippen molar-refractivity contribution in [2.24, 2.45) is 0 Å². The second kappa shape index (κ2) is 6.72. The molecule has 1 saturated heterocycles. The maximum atomic E-state index is 12.0. The Kier molecular flexibility index (Phi) is 4.98. The van der Waals surface area contributed by atoms with Crippen LogP contribution in [0.4, 0.5) is 0 Å². The number of aliphatic hydroxyl groups excluding tert-OH is 1. The third-order valence-electron chi connectivity index (χ3n) is 3.41. The zero-order chi connectivity index (χ0) is 14.5. The Labute approximate surface area is 122 Å². The van der Waals surface area contributed by atoms with Gasteiger partial charge < -0.3 is 15.3 Å². The van der Waals surface area contributed by atoms with Crippen molar-refractivity contribution in [2.45, 2.75) is 18.9 Å². The van der Waals surface area contributed by atoms with E-state index in [0.29, 0.717) is 17.1 Å². The van der Waals surface area contributed by atoms with Crippen LogP contribution in [0.25, 0.3) is 0 Å². The molecule has 5 nitrogen and oxygen atoms in total. The summed E-state index contributed by atoms with van der Waals surface area (Å²) in [5.41, 5.74) is 0.460. The van der Waals surface area contributed by atoms with Crippen molar-refractivity contribution in [3.05, 3.63) is 34.9 Å². The van der Waals surface area contributed by atoms with Crippen LogP contribution in [-0.4, -0.2) is 47.6 Å². The lowest BCUT2D eigenvalue weighted by atomic mass is 10.2. The number of nitrogens with one attached hydrogen (secondary N) is 1. The van der Waals surface area contributed by atoms with Gasteiger partial charge in [-0.05, 0) is 37.1 Å². The normalized spacial score (nSPS) is 18.1. The molecule has 1 aliphatic heterocycles. The predicted octanol–water partition coefficient (Wildman–Crippen LogP) is 1.05. The summed E-state index contributed by atoms with van der Waals surface area (Å²) < 4.78 is 0. The van der Waals surface area contributed by atoms with Gasteiger partial charge in [0, 0.05) is 17.1 Å². The van der Waals surface area contributed by atoms with Crippen LogP contribution >= 0.6 is 11.6 Å². The molecule has 1 atom stereocenters. The maximum absolute atomic E-state index is 12.0. The number of rotatable bonds is 4. The Bertz CT molecular complexity index is 490. The van der Waals surface area contributed by atoms with Gasteiger partial charge in [-0.25, -0.2) is 0 Å². The van der Waals surface area contributed by atoms with E-state index in [4.69, 9.17) is 11.6 Å². The minimum absolute atomic E-state index is 0.0309. The standard InChI is InChI=1S/C14H17ClN2O3/c15-11-5-3-10(4-6-11)14(20)16-8-13(19)17-7-1-2-12(17)9-18/h3-6,12,18H,1-2,7-9H2,(H,16,20)/t12-/m0/s1. The molecular formula is C14H17ClN2O3. The summed E-state index contributed by atoms with van der Waals surface area (Å²) in [6.07, 6.45) is 1.70. The lowest BCUT2D eigenvalue weighted by molar-refractivity contribution is -0.131. The zero-order valence-electron chi connectivity index (χ0n) is 11.0. The van der Waals surface area contributed by atoms with Gasteiger partial charge in [-0.2, -0.15) is 0 Å². The Morgan fingerprint density at radius 3 is 2.70 bits per heavy atom. The molecule has 2 rings (SSSR count). The van der Waals surface area contributed by atoms with Gasteiger partial charge in [0.25, 0.3) is 5.91 Å². The number of carbonyl (C=O) groups is 2. The minimum Gasteiger partial charge on any atom is -0.394 e. The molecule has 2 N–H and O–H groups in total. The van der Waals surface area contributed by atoms with Crippen molar-refractivity contribution in [2.75, 3.05) is 19.7 Å². The van der Waals surface area contributed by atoms with Crippen LogP contribution < -0.4 is 5.32 Å². The van der Waals surface area contributed by atoms with Gasteiger partial charge in [0.2, 0.25) is 5.91 Å². The number of benzene rings is 1. The van der Waals surface area contributed by atoms with E-state index in [1.165, 1.54) is 0 Å². The van der Waals surface area contributed by atoms with Crippen LogP contribution in [0.2, 0.25) is 5.02 Å². The third kappa shape index (κ3) is 3.49. The molecule has 0 radical (unpaired) electrons.